The van der Waals surface area contributed by atoms with Gasteiger partial charge in [0.25, 0.3) is 0 Å². The quantitative estimate of drug-likeness (QED) is 0.818. The van der Waals surface area contributed by atoms with Gasteiger partial charge in [-0.2, -0.15) is 0 Å². The lowest BCUT2D eigenvalue weighted by molar-refractivity contribution is 0.205. The Balaban J connectivity index is 0.000000270. The SMILES string of the molecule is CN(C)CCCN.NC(C1CCCCC1)C1CCCCC1. The second-order valence-corrected chi connectivity index (χ2v) is 7.32. The maximum Gasteiger partial charge on any atom is 0.00956 e. The highest BCUT2D eigenvalue weighted by atomic mass is 15.0. The van der Waals surface area contributed by atoms with Crippen LogP contribution in [0.25, 0.3) is 0 Å². The van der Waals surface area contributed by atoms with Gasteiger partial charge in [-0.15, -0.1) is 0 Å². The summed E-state index contributed by atoms with van der Waals surface area (Å²) in [5.41, 5.74) is 11.7. The van der Waals surface area contributed by atoms with Gasteiger partial charge in [0.05, 0.1) is 0 Å². The molecule has 0 aromatic heterocycles. The predicted octanol–water partition coefficient (Wildman–Crippen LogP) is 3.37. The molecular weight excluding hydrogens is 258 g/mol. The lowest BCUT2D eigenvalue weighted by Crippen LogP contribution is -2.39. The van der Waals surface area contributed by atoms with E-state index in [2.05, 4.69) is 19.0 Å². The minimum atomic E-state index is 0.538. The number of rotatable bonds is 5. The monoisotopic (exact) mass is 297 g/mol. The molecule has 0 bridgehead atoms. The molecule has 0 saturated heterocycles. The van der Waals surface area contributed by atoms with Crippen LogP contribution in [0.2, 0.25) is 0 Å². The first-order chi connectivity index (χ1) is 10.1. The highest BCUT2D eigenvalue weighted by Crippen LogP contribution is 2.34. The van der Waals surface area contributed by atoms with Crippen LogP contribution in [-0.2, 0) is 0 Å². The molecule has 0 heterocycles. The average molecular weight is 298 g/mol. The fourth-order valence-corrected chi connectivity index (χ4v) is 3.83. The Labute approximate surface area is 132 Å². The van der Waals surface area contributed by atoms with Crippen molar-refractivity contribution in [2.24, 2.45) is 23.3 Å². The van der Waals surface area contributed by atoms with Gasteiger partial charge in [0.1, 0.15) is 0 Å². The van der Waals surface area contributed by atoms with E-state index < -0.39 is 0 Å². The molecule has 0 aromatic carbocycles. The second-order valence-electron chi connectivity index (χ2n) is 7.32. The third-order valence-corrected chi connectivity index (χ3v) is 5.20. The van der Waals surface area contributed by atoms with E-state index in [4.69, 9.17) is 11.5 Å². The zero-order valence-corrected chi connectivity index (χ0v) is 14.5. The van der Waals surface area contributed by atoms with Gasteiger partial charge in [-0.05, 0) is 71.1 Å². The van der Waals surface area contributed by atoms with Gasteiger partial charge in [0, 0.05) is 6.04 Å². The van der Waals surface area contributed by atoms with Crippen LogP contribution in [0.1, 0.15) is 70.6 Å². The van der Waals surface area contributed by atoms with E-state index in [-0.39, 0.29) is 0 Å². The molecule has 2 fully saturated rings. The average Bonchev–Trinajstić information content (AvgIpc) is 2.54. The molecule has 0 unspecified atom stereocenters. The highest BCUT2D eigenvalue weighted by molar-refractivity contribution is 4.83. The molecule has 0 radical (unpaired) electrons. The summed E-state index contributed by atoms with van der Waals surface area (Å²) in [6.07, 6.45) is 15.4. The van der Waals surface area contributed by atoms with Crippen LogP contribution in [0, 0.1) is 11.8 Å². The van der Waals surface area contributed by atoms with Crippen molar-refractivity contribution in [1.29, 1.82) is 0 Å². The van der Waals surface area contributed by atoms with Crippen molar-refractivity contribution in [3.05, 3.63) is 0 Å². The normalized spacial score (nSPS) is 21.4. The van der Waals surface area contributed by atoms with E-state index in [1.807, 2.05) is 0 Å². The molecule has 0 aliphatic heterocycles. The summed E-state index contributed by atoms with van der Waals surface area (Å²) in [4.78, 5) is 2.13. The summed E-state index contributed by atoms with van der Waals surface area (Å²) in [5, 5.41) is 0. The van der Waals surface area contributed by atoms with E-state index >= 15 is 0 Å². The molecule has 2 aliphatic carbocycles. The van der Waals surface area contributed by atoms with Gasteiger partial charge < -0.3 is 16.4 Å². The Morgan fingerprint density at radius 3 is 1.57 bits per heavy atom. The van der Waals surface area contributed by atoms with Gasteiger partial charge in [-0.25, -0.2) is 0 Å². The van der Waals surface area contributed by atoms with Crippen LogP contribution in [0.15, 0.2) is 0 Å². The predicted molar refractivity (Wildman–Crippen MR) is 93.4 cm³/mol. The maximum atomic E-state index is 6.42. The van der Waals surface area contributed by atoms with E-state index in [0.29, 0.717) is 6.04 Å². The fourth-order valence-electron chi connectivity index (χ4n) is 3.83. The number of hydrogen-bond donors (Lipinski definition) is 2. The number of hydrogen-bond acceptors (Lipinski definition) is 3. The molecule has 3 heteroatoms. The molecular formula is C18H39N3. The van der Waals surface area contributed by atoms with Crippen molar-refractivity contribution < 1.29 is 0 Å². The minimum Gasteiger partial charge on any atom is -0.330 e. The Bertz CT molecular complexity index is 213. The molecule has 126 valence electrons. The van der Waals surface area contributed by atoms with E-state index in [1.165, 1.54) is 64.2 Å². The van der Waals surface area contributed by atoms with Crippen molar-refractivity contribution in [3.63, 3.8) is 0 Å². The van der Waals surface area contributed by atoms with E-state index in [1.54, 1.807) is 0 Å². The van der Waals surface area contributed by atoms with Gasteiger partial charge >= 0.3 is 0 Å². The van der Waals surface area contributed by atoms with Crippen LogP contribution >= 0.6 is 0 Å². The molecule has 0 spiro atoms. The Hall–Kier alpha value is -0.120. The summed E-state index contributed by atoms with van der Waals surface area (Å²) in [6, 6.07) is 0.538. The Morgan fingerprint density at radius 1 is 0.857 bits per heavy atom. The topological polar surface area (TPSA) is 55.3 Å². The minimum absolute atomic E-state index is 0.538. The summed E-state index contributed by atoms with van der Waals surface area (Å²) in [6.45, 7) is 1.91. The molecule has 2 saturated carbocycles. The van der Waals surface area contributed by atoms with Crippen LogP contribution in [0.5, 0.6) is 0 Å². The van der Waals surface area contributed by atoms with Crippen LogP contribution in [0.4, 0.5) is 0 Å². The maximum absolute atomic E-state index is 6.42. The molecule has 21 heavy (non-hydrogen) atoms. The smallest absolute Gasteiger partial charge is 0.00956 e. The summed E-state index contributed by atoms with van der Waals surface area (Å²) < 4.78 is 0. The van der Waals surface area contributed by atoms with Crippen molar-refractivity contribution in [2.45, 2.75) is 76.7 Å². The van der Waals surface area contributed by atoms with Crippen LogP contribution in [-0.4, -0.2) is 38.1 Å². The molecule has 0 atom stereocenters. The van der Waals surface area contributed by atoms with Gasteiger partial charge in [-0.1, -0.05) is 38.5 Å². The van der Waals surface area contributed by atoms with Crippen LogP contribution in [0.3, 0.4) is 0 Å². The fraction of sp³-hybridized carbons (Fsp3) is 1.00. The third-order valence-electron chi connectivity index (χ3n) is 5.20. The molecule has 4 N–H and O–H groups in total. The summed E-state index contributed by atoms with van der Waals surface area (Å²) >= 11 is 0. The van der Waals surface area contributed by atoms with Crippen molar-refractivity contribution >= 4 is 0 Å². The largest absolute Gasteiger partial charge is 0.330 e. The molecule has 2 rings (SSSR count). The first-order valence-corrected chi connectivity index (χ1v) is 9.25. The lowest BCUT2D eigenvalue weighted by atomic mass is 9.74. The number of nitrogens with zero attached hydrogens (tertiary/aromatic N) is 1. The van der Waals surface area contributed by atoms with Gasteiger partial charge in [0.2, 0.25) is 0 Å². The molecule has 0 amide bonds. The Kier molecular flexibility index (Phi) is 10.3. The van der Waals surface area contributed by atoms with E-state index in [9.17, 15) is 0 Å². The van der Waals surface area contributed by atoms with E-state index in [0.717, 1.165) is 31.3 Å². The summed E-state index contributed by atoms with van der Waals surface area (Å²) in [5.74, 6) is 1.73. The molecule has 3 nitrogen and oxygen atoms in total. The molecule has 2 aliphatic rings. The third kappa shape index (κ3) is 8.18. The zero-order chi connectivity index (χ0) is 15.5. The Morgan fingerprint density at radius 2 is 1.29 bits per heavy atom. The lowest BCUT2D eigenvalue weighted by Gasteiger charge is -2.35. The first-order valence-electron chi connectivity index (χ1n) is 9.25. The zero-order valence-electron chi connectivity index (χ0n) is 14.5. The van der Waals surface area contributed by atoms with Crippen molar-refractivity contribution in [2.75, 3.05) is 27.2 Å². The standard InChI is InChI=1S/C13H25N.C5H14N2/c14-13(11-7-3-1-4-8-11)12-9-5-2-6-10-12;1-7(2)5-3-4-6/h11-13H,1-10,14H2;3-6H2,1-2H3. The van der Waals surface area contributed by atoms with Crippen LogP contribution < -0.4 is 11.5 Å². The molecule has 0 aromatic rings. The first kappa shape index (κ1) is 18.9. The second kappa shape index (κ2) is 11.4. The number of nitrogens with two attached hydrogens (primary N) is 2. The highest BCUT2D eigenvalue weighted by Gasteiger charge is 2.28. The summed E-state index contributed by atoms with van der Waals surface area (Å²) in [7, 11) is 4.10. The van der Waals surface area contributed by atoms with Gasteiger partial charge in [-0.3, -0.25) is 0 Å². The van der Waals surface area contributed by atoms with Gasteiger partial charge in [0.15, 0.2) is 0 Å². The van der Waals surface area contributed by atoms with Crippen molar-refractivity contribution in [3.8, 4) is 0 Å². The van der Waals surface area contributed by atoms with Crippen molar-refractivity contribution in [1.82, 2.24) is 4.90 Å².